The molecule has 0 aromatic heterocycles. The summed E-state index contributed by atoms with van der Waals surface area (Å²) in [7, 11) is -0.700. The van der Waals surface area contributed by atoms with E-state index in [4.69, 9.17) is 4.74 Å². The number of ether oxygens (including phenoxy) is 1. The van der Waals surface area contributed by atoms with E-state index in [-0.39, 0.29) is 27.8 Å². The van der Waals surface area contributed by atoms with Gasteiger partial charge in [0.2, 0.25) is 0 Å². The maximum absolute atomic E-state index is 12.7. The second-order valence-corrected chi connectivity index (χ2v) is 9.41. The van der Waals surface area contributed by atoms with Gasteiger partial charge in [-0.3, -0.25) is 9.00 Å². The molecule has 2 unspecified atom stereocenters. The number of rotatable bonds is 3. The summed E-state index contributed by atoms with van der Waals surface area (Å²) in [5.74, 6) is 1.04. The third kappa shape index (κ3) is 3.27. The monoisotopic (exact) mass is 320 g/mol. The number of carbonyl (C=O) groups is 1. The van der Waals surface area contributed by atoms with E-state index in [2.05, 4.69) is 0 Å². The fourth-order valence-electron chi connectivity index (χ4n) is 3.52. The molecular formula is C18H24O3S. The van der Waals surface area contributed by atoms with E-state index in [0.717, 1.165) is 37.0 Å². The Morgan fingerprint density at radius 3 is 2.14 bits per heavy atom. The summed E-state index contributed by atoms with van der Waals surface area (Å²) < 4.78 is 17.8. The average Bonchev–Trinajstić information content (AvgIpc) is 2.67. The Morgan fingerprint density at radius 1 is 1.09 bits per heavy atom. The van der Waals surface area contributed by atoms with Crippen molar-refractivity contribution in [2.45, 2.75) is 62.6 Å². The van der Waals surface area contributed by atoms with Crippen molar-refractivity contribution in [3.63, 3.8) is 0 Å². The normalized spacial score (nSPS) is 31.0. The number of benzene rings is 1. The molecule has 3 nitrogen and oxygen atoms in total. The molecule has 2 saturated heterocycles. The number of carbonyl (C=O) groups excluding carboxylic acids is 1. The molecule has 0 radical (unpaired) electrons. The zero-order valence-electron chi connectivity index (χ0n) is 13.5. The second-order valence-electron chi connectivity index (χ2n) is 7.42. The smallest absolute Gasteiger partial charge is 0.166 e. The molecule has 2 fully saturated rings. The molecule has 120 valence electrons. The molecule has 2 bridgehead atoms. The van der Waals surface area contributed by atoms with Gasteiger partial charge in [0.25, 0.3) is 0 Å². The highest BCUT2D eigenvalue weighted by atomic mass is 32.2. The highest BCUT2D eigenvalue weighted by Gasteiger charge is 2.42. The number of ketones is 1. The first-order chi connectivity index (χ1) is 10.3. The molecule has 1 aromatic carbocycles. The molecule has 0 aliphatic carbocycles. The third-order valence-electron chi connectivity index (χ3n) is 4.50. The highest BCUT2D eigenvalue weighted by molar-refractivity contribution is 7.86. The van der Waals surface area contributed by atoms with Gasteiger partial charge in [-0.1, -0.05) is 0 Å². The molecule has 0 saturated carbocycles. The van der Waals surface area contributed by atoms with Crippen LogP contribution in [0.2, 0.25) is 0 Å². The number of fused-ring (bicyclic) bond motifs is 2. The molecule has 0 amide bonds. The van der Waals surface area contributed by atoms with Crippen molar-refractivity contribution in [1.29, 1.82) is 0 Å². The molecule has 2 aliphatic heterocycles. The number of hydrogen-bond acceptors (Lipinski definition) is 3. The van der Waals surface area contributed by atoms with Gasteiger partial charge in [0.15, 0.2) is 5.78 Å². The standard InChI is InChI=1S/C18H24O3S/c1-18(2,3)21-14-6-4-12(5-7-14)17(19)13-10-15-8-9-16(11-13)22(15)20/h4-7,13,15-16H,8-11H2,1-3H3. The predicted molar refractivity (Wildman–Crippen MR) is 88.8 cm³/mol. The summed E-state index contributed by atoms with van der Waals surface area (Å²) >= 11 is 0. The molecule has 2 heterocycles. The van der Waals surface area contributed by atoms with Crippen LogP contribution < -0.4 is 4.74 Å². The van der Waals surface area contributed by atoms with Crippen molar-refractivity contribution >= 4 is 16.6 Å². The maximum atomic E-state index is 12.7. The lowest BCUT2D eigenvalue weighted by atomic mass is 9.90. The van der Waals surface area contributed by atoms with Crippen LogP contribution in [0.1, 0.15) is 56.8 Å². The van der Waals surface area contributed by atoms with Crippen LogP contribution in [-0.4, -0.2) is 26.1 Å². The van der Waals surface area contributed by atoms with Crippen LogP contribution in [-0.2, 0) is 10.8 Å². The van der Waals surface area contributed by atoms with E-state index in [9.17, 15) is 9.00 Å². The molecule has 0 spiro atoms. The predicted octanol–water partition coefficient (Wildman–Crippen LogP) is 3.74. The lowest BCUT2D eigenvalue weighted by Crippen LogP contribution is -2.32. The average molecular weight is 320 g/mol. The number of hydrogen-bond donors (Lipinski definition) is 0. The van der Waals surface area contributed by atoms with Crippen molar-refractivity contribution in [1.82, 2.24) is 0 Å². The lowest BCUT2D eigenvalue weighted by Gasteiger charge is -2.26. The van der Waals surface area contributed by atoms with Gasteiger partial charge >= 0.3 is 0 Å². The van der Waals surface area contributed by atoms with Gasteiger partial charge in [-0.15, -0.1) is 0 Å². The molecule has 1 aromatic rings. The Balaban J connectivity index is 1.69. The van der Waals surface area contributed by atoms with Crippen LogP contribution in [0.4, 0.5) is 0 Å². The summed E-state index contributed by atoms with van der Waals surface area (Å²) in [6.45, 7) is 6.01. The van der Waals surface area contributed by atoms with Crippen molar-refractivity contribution in [2.75, 3.05) is 0 Å². The van der Waals surface area contributed by atoms with E-state index in [1.54, 1.807) is 0 Å². The summed E-state index contributed by atoms with van der Waals surface area (Å²) in [5.41, 5.74) is 0.511. The van der Waals surface area contributed by atoms with E-state index < -0.39 is 10.8 Å². The van der Waals surface area contributed by atoms with E-state index in [1.807, 2.05) is 45.0 Å². The van der Waals surface area contributed by atoms with Crippen LogP contribution in [0.15, 0.2) is 24.3 Å². The summed E-state index contributed by atoms with van der Waals surface area (Å²) in [4.78, 5) is 12.7. The minimum atomic E-state index is -0.700. The van der Waals surface area contributed by atoms with Crippen molar-refractivity contribution in [2.24, 2.45) is 5.92 Å². The largest absolute Gasteiger partial charge is 0.488 e. The van der Waals surface area contributed by atoms with Gasteiger partial charge in [0, 0.05) is 32.8 Å². The van der Waals surface area contributed by atoms with E-state index in [1.165, 1.54) is 0 Å². The maximum Gasteiger partial charge on any atom is 0.166 e. The Kier molecular flexibility index (Phi) is 4.15. The Bertz CT molecular complexity index is 569. The molecule has 3 rings (SSSR count). The van der Waals surface area contributed by atoms with Crippen LogP contribution in [0.25, 0.3) is 0 Å². The van der Waals surface area contributed by atoms with Crippen LogP contribution >= 0.6 is 0 Å². The molecule has 22 heavy (non-hydrogen) atoms. The zero-order valence-corrected chi connectivity index (χ0v) is 14.3. The topological polar surface area (TPSA) is 43.4 Å². The first kappa shape index (κ1) is 15.7. The van der Waals surface area contributed by atoms with Crippen LogP contribution in [0.3, 0.4) is 0 Å². The molecule has 4 heteroatoms. The SMILES string of the molecule is CC(C)(C)Oc1ccc(C(=O)C2CC3CCC(C2)S3=O)cc1. The fraction of sp³-hybridized carbons (Fsp3) is 0.611. The van der Waals surface area contributed by atoms with Gasteiger partial charge in [0.05, 0.1) is 0 Å². The summed E-state index contributed by atoms with van der Waals surface area (Å²) in [6, 6.07) is 7.45. The van der Waals surface area contributed by atoms with Crippen molar-refractivity contribution in [3.05, 3.63) is 29.8 Å². The highest BCUT2D eigenvalue weighted by Crippen LogP contribution is 2.39. The quantitative estimate of drug-likeness (QED) is 0.797. The minimum Gasteiger partial charge on any atom is -0.488 e. The van der Waals surface area contributed by atoms with Gasteiger partial charge in [-0.2, -0.15) is 0 Å². The first-order valence-corrected chi connectivity index (χ1v) is 9.34. The Labute approximate surface area is 134 Å². The Hall–Kier alpha value is -1.16. The lowest BCUT2D eigenvalue weighted by molar-refractivity contribution is 0.0906. The molecule has 2 atom stereocenters. The van der Waals surface area contributed by atoms with E-state index >= 15 is 0 Å². The van der Waals surface area contributed by atoms with Crippen molar-refractivity contribution in [3.8, 4) is 5.75 Å². The minimum absolute atomic E-state index is 0.0459. The molecule has 0 N–H and O–H groups in total. The molecule has 2 aliphatic rings. The Morgan fingerprint density at radius 2 is 1.64 bits per heavy atom. The summed E-state index contributed by atoms with van der Waals surface area (Å²) in [6.07, 6.45) is 3.64. The number of Topliss-reactive ketones (excluding diaryl/α,β-unsaturated/α-hetero) is 1. The third-order valence-corrected chi connectivity index (χ3v) is 6.67. The molecular weight excluding hydrogens is 296 g/mol. The second kappa shape index (κ2) is 5.80. The van der Waals surface area contributed by atoms with Gasteiger partial charge in [-0.05, 0) is 70.7 Å². The first-order valence-electron chi connectivity index (χ1n) is 8.06. The van der Waals surface area contributed by atoms with Gasteiger partial charge in [0.1, 0.15) is 11.4 Å². The van der Waals surface area contributed by atoms with Gasteiger partial charge < -0.3 is 4.74 Å². The van der Waals surface area contributed by atoms with Crippen molar-refractivity contribution < 1.29 is 13.7 Å². The van der Waals surface area contributed by atoms with Crippen LogP contribution in [0.5, 0.6) is 5.75 Å². The fourth-order valence-corrected chi connectivity index (χ4v) is 5.65. The summed E-state index contributed by atoms with van der Waals surface area (Å²) in [5, 5.41) is 0.493. The van der Waals surface area contributed by atoms with Crippen LogP contribution in [0, 0.1) is 5.92 Å². The van der Waals surface area contributed by atoms with E-state index in [0.29, 0.717) is 0 Å². The zero-order chi connectivity index (χ0) is 15.9. The van der Waals surface area contributed by atoms with Gasteiger partial charge in [-0.25, -0.2) is 0 Å².